The van der Waals surface area contributed by atoms with Crippen LogP contribution in [0.4, 0.5) is 5.82 Å². The number of rotatable bonds is 5. The summed E-state index contributed by atoms with van der Waals surface area (Å²) in [5.41, 5.74) is 5.99. The van der Waals surface area contributed by atoms with E-state index in [2.05, 4.69) is 15.1 Å². The molecule has 1 aliphatic rings. The lowest BCUT2D eigenvalue weighted by molar-refractivity contribution is 0.0733. The first-order valence-electron chi connectivity index (χ1n) is 7.47. The van der Waals surface area contributed by atoms with E-state index in [4.69, 9.17) is 5.73 Å². The molecule has 116 valence electrons. The van der Waals surface area contributed by atoms with Crippen LogP contribution in [-0.4, -0.2) is 54.2 Å². The van der Waals surface area contributed by atoms with E-state index in [0.29, 0.717) is 18.8 Å². The molecule has 2 rings (SSSR count). The molecule has 0 spiro atoms. The molecule has 2 N–H and O–H groups in total. The highest BCUT2D eigenvalue weighted by Gasteiger charge is 2.23. The van der Waals surface area contributed by atoms with Crippen LogP contribution >= 0.6 is 0 Å². The maximum Gasteiger partial charge on any atom is 0.274 e. The molecule has 1 aromatic rings. The van der Waals surface area contributed by atoms with Gasteiger partial charge < -0.3 is 15.5 Å². The van der Waals surface area contributed by atoms with Gasteiger partial charge >= 0.3 is 0 Å². The Morgan fingerprint density at radius 1 is 1.33 bits per heavy atom. The molecule has 1 saturated heterocycles. The summed E-state index contributed by atoms with van der Waals surface area (Å²) >= 11 is 0. The molecular formula is C15H25N5O. The monoisotopic (exact) mass is 291 g/mol. The number of carbonyl (C=O) groups is 1. The Morgan fingerprint density at radius 2 is 2.00 bits per heavy atom. The second-order valence-corrected chi connectivity index (χ2v) is 6.50. The summed E-state index contributed by atoms with van der Waals surface area (Å²) in [6.45, 7) is 7.25. The van der Waals surface area contributed by atoms with Crippen molar-refractivity contribution in [1.82, 2.24) is 15.1 Å². The van der Waals surface area contributed by atoms with Crippen molar-refractivity contribution in [1.29, 1.82) is 0 Å². The second-order valence-electron chi connectivity index (χ2n) is 6.50. The highest BCUT2D eigenvalue weighted by Crippen LogP contribution is 2.18. The van der Waals surface area contributed by atoms with E-state index >= 15 is 0 Å². The van der Waals surface area contributed by atoms with Crippen molar-refractivity contribution in [2.45, 2.75) is 26.7 Å². The van der Waals surface area contributed by atoms with Crippen LogP contribution in [0.1, 0.15) is 37.2 Å². The third-order valence-electron chi connectivity index (χ3n) is 3.86. The first kappa shape index (κ1) is 15.7. The minimum atomic E-state index is -0.114. The van der Waals surface area contributed by atoms with Gasteiger partial charge in [-0.1, -0.05) is 13.8 Å². The fourth-order valence-corrected chi connectivity index (χ4v) is 2.53. The van der Waals surface area contributed by atoms with Crippen molar-refractivity contribution in [3.05, 3.63) is 17.8 Å². The van der Waals surface area contributed by atoms with Crippen molar-refractivity contribution in [3.8, 4) is 0 Å². The largest absolute Gasteiger partial charge is 0.355 e. The molecule has 0 unspecified atom stereocenters. The zero-order valence-corrected chi connectivity index (χ0v) is 13.2. The van der Waals surface area contributed by atoms with Crippen LogP contribution in [0.25, 0.3) is 0 Å². The van der Waals surface area contributed by atoms with Crippen molar-refractivity contribution in [2.75, 3.05) is 38.1 Å². The van der Waals surface area contributed by atoms with Crippen molar-refractivity contribution >= 4 is 11.7 Å². The van der Waals surface area contributed by atoms with Gasteiger partial charge in [0.1, 0.15) is 0 Å². The van der Waals surface area contributed by atoms with Gasteiger partial charge in [-0.25, -0.2) is 0 Å². The Hall–Kier alpha value is -1.69. The molecular weight excluding hydrogens is 266 g/mol. The number of aromatic nitrogens is 2. The Morgan fingerprint density at radius 3 is 2.52 bits per heavy atom. The summed E-state index contributed by atoms with van der Waals surface area (Å²) in [6.07, 6.45) is 2.39. The molecule has 0 bridgehead atoms. The predicted octanol–water partition coefficient (Wildman–Crippen LogP) is 1.13. The van der Waals surface area contributed by atoms with Crippen molar-refractivity contribution in [2.24, 2.45) is 11.1 Å². The normalized spacial score (nSPS) is 15.3. The zero-order chi connectivity index (χ0) is 15.5. The van der Waals surface area contributed by atoms with E-state index in [1.165, 1.54) is 12.8 Å². The Balaban J connectivity index is 2.02. The third-order valence-corrected chi connectivity index (χ3v) is 3.86. The maximum atomic E-state index is 12.3. The van der Waals surface area contributed by atoms with Gasteiger partial charge in [-0.2, -0.15) is 0 Å². The van der Waals surface area contributed by atoms with Gasteiger partial charge in [0.2, 0.25) is 0 Å². The fourth-order valence-electron chi connectivity index (χ4n) is 2.53. The lowest BCUT2D eigenvalue weighted by atomic mass is 9.93. The predicted molar refractivity (Wildman–Crippen MR) is 83.3 cm³/mol. The lowest BCUT2D eigenvalue weighted by Crippen LogP contribution is -2.40. The van der Waals surface area contributed by atoms with Gasteiger partial charge in [-0.3, -0.25) is 4.79 Å². The SMILES string of the molecule is CN(CC(C)(C)CN)C(=O)c1ccc(N2CCCC2)nn1. The zero-order valence-electron chi connectivity index (χ0n) is 13.2. The Labute approximate surface area is 126 Å². The molecule has 1 fully saturated rings. The molecule has 1 aromatic heterocycles. The number of nitrogens with zero attached hydrogens (tertiary/aromatic N) is 4. The van der Waals surface area contributed by atoms with E-state index in [-0.39, 0.29) is 11.3 Å². The number of anilines is 1. The van der Waals surface area contributed by atoms with Crippen LogP contribution in [-0.2, 0) is 0 Å². The first-order valence-corrected chi connectivity index (χ1v) is 7.47. The number of amides is 1. The van der Waals surface area contributed by atoms with Crippen LogP contribution < -0.4 is 10.6 Å². The van der Waals surface area contributed by atoms with Crippen LogP contribution in [0.5, 0.6) is 0 Å². The number of nitrogens with two attached hydrogens (primary N) is 1. The van der Waals surface area contributed by atoms with Crippen LogP contribution in [0, 0.1) is 5.41 Å². The number of hydrogen-bond donors (Lipinski definition) is 1. The average molecular weight is 291 g/mol. The summed E-state index contributed by atoms with van der Waals surface area (Å²) in [6, 6.07) is 3.64. The van der Waals surface area contributed by atoms with E-state index in [1.54, 1.807) is 18.0 Å². The molecule has 6 nitrogen and oxygen atoms in total. The molecule has 0 aromatic carbocycles. The quantitative estimate of drug-likeness (QED) is 0.880. The topological polar surface area (TPSA) is 75.3 Å². The molecule has 0 aliphatic carbocycles. The number of hydrogen-bond acceptors (Lipinski definition) is 5. The molecule has 1 amide bonds. The molecule has 1 aliphatic heterocycles. The van der Waals surface area contributed by atoms with E-state index in [9.17, 15) is 4.79 Å². The molecule has 0 radical (unpaired) electrons. The molecule has 2 heterocycles. The van der Waals surface area contributed by atoms with Crippen molar-refractivity contribution < 1.29 is 4.79 Å². The fraction of sp³-hybridized carbons (Fsp3) is 0.667. The summed E-state index contributed by atoms with van der Waals surface area (Å²) in [4.78, 5) is 16.2. The van der Waals surface area contributed by atoms with Gasteiger partial charge in [0.05, 0.1) is 0 Å². The second kappa shape index (κ2) is 6.39. The minimum Gasteiger partial charge on any atom is -0.355 e. The van der Waals surface area contributed by atoms with Crippen LogP contribution in [0.15, 0.2) is 12.1 Å². The van der Waals surface area contributed by atoms with Crippen LogP contribution in [0.3, 0.4) is 0 Å². The summed E-state index contributed by atoms with van der Waals surface area (Å²) in [5.74, 6) is 0.742. The van der Waals surface area contributed by atoms with Crippen molar-refractivity contribution in [3.63, 3.8) is 0 Å². The standard InChI is InChI=1S/C15H25N5O/c1-15(2,10-16)11-19(3)14(21)12-6-7-13(18-17-12)20-8-4-5-9-20/h6-7H,4-5,8-11,16H2,1-3H3. The lowest BCUT2D eigenvalue weighted by Gasteiger charge is -2.28. The number of carbonyl (C=O) groups excluding carboxylic acids is 1. The first-order chi connectivity index (χ1) is 9.93. The smallest absolute Gasteiger partial charge is 0.274 e. The maximum absolute atomic E-state index is 12.3. The molecule has 21 heavy (non-hydrogen) atoms. The van der Waals surface area contributed by atoms with Crippen LogP contribution in [0.2, 0.25) is 0 Å². The highest BCUT2D eigenvalue weighted by molar-refractivity contribution is 5.92. The molecule has 6 heteroatoms. The highest BCUT2D eigenvalue weighted by atomic mass is 16.2. The third kappa shape index (κ3) is 3.91. The minimum absolute atomic E-state index is 0.104. The van der Waals surface area contributed by atoms with Gasteiger partial charge in [0.25, 0.3) is 5.91 Å². The molecule has 0 atom stereocenters. The summed E-state index contributed by atoms with van der Waals surface area (Å²) in [5, 5.41) is 8.27. The van der Waals surface area contributed by atoms with Gasteiger partial charge in [0.15, 0.2) is 11.5 Å². The van der Waals surface area contributed by atoms with E-state index in [0.717, 1.165) is 18.9 Å². The van der Waals surface area contributed by atoms with E-state index < -0.39 is 0 Å². The van der Waals surface area contributed by atoms with E-state index in [1.807, 2.05) is 19.9 Å². The molecule has 0 saturated carbocycles. The summed E-state index contributed by atoms with van der Waals surface area (Å²) in [7, 11) is 1.77. The Kier molecular flexibility index (Phi) is 4.77. The van der Waals surface area contributed by atoms with Gasteiger partial charge in [0, 0.05) is 26.7 Å². The Bertz CT molecular complexity index is 479. The van der Waals surface area contributed by atoms with Gasteiger partial charge in [-0.05, 0) is 36.9 Å². The van der Waals surface area contributed by atoms with Gasteiger partial charge in [-0.15, -0.1) is 10.2 Å². The average Bonchev–Trinajstić information content (AvgIpc) is 3.00. The summed E-state index contributed by atoms with van der Waals surface area (Å²) < 4.78 is 0.